The minimum absolute atomic E-state index is 0.181. The molecule has 0 radical (unpaired) electrons. The summed E-state index contributed by atoms with van der Waals surface area (Å²) >= 11 is 1.57. The van der Waals surface area contributed by atoms with Crippen molar-refractivity contribution in [1.29, 1.82) is 0 Å². The Balaban J connectivity index is 3.54. The van der Waals surface area contributed by atoms with Crippen LogP contribution in [-0.4, -0.2) is 34.3 Å². The summed E-state index contributed by atoms with van der Waals surface area (Å²) < 4.78 is 0. The van der Waals surface area contributed by atoms with Crippen molar-refractivity contribution in [3.63, 3.8) is 0 Å². The largest absolute Gasteiger partial charge is 0.481 e. The van der Waals surface area contributed by atoms with Crippen molar-refractivity contribution in [3.05, 3.63) is 0 Å². The summed E-state index contributed by atoms with van der Waals surface area (Å²) in [7, 11) is 0. The number of aliphatic hydroxyl groups is 1. The molecule has 0 heterocycles. The van der Waals surface area contributed by atoms with Crippen molar-refractivity contribution in [3.8, 4) is 0 Å². The molecule has 0 aromatic rings. The molecular formula is C8H16O3S. The lowest BCUT2D eigenvalue weighted by Crippen LogP contribution is -2.26. The zero-order chi connectivity index (χ0) is 9.61. The molecule has 0 atom stereocenters. The van der Waals surface area contributed by atoms with E-state index in [2.05, 4.69) is 0 Å². The van der Waals surface area contributed by atoms with Crippen molar-refractivity contribution < 1.29 is 15.0 Å². The smallest absolute Gasteiger partial charge is 0.309 e. The topological polar surface area (TPSA) is 57.5 Å². The van der Waals surface area contributed by atoms with E-state index in [1.165, 1.54) is 0 Å². The molecule has 0 bridgehead atoms. The van der Waals surface area contributed by atoms with Gasteiger partial charge in [-0.15, -0.1) is 0 Å². The third-order valence-electron chi connectivity index (χ3n) is 1.49. The fourth-order valence-electron chi connectivity index (χ4n) is 0.556. The van der Waals surface area contributed by atoms with E-state index in [-0.39, 0.29) is 6.61 Å². The van der Waals surface area contributed by atoms with E-state index >= 15 is 0 Å². The molecule has 3 nitrogen and oxygen atoms in total. The van der Waals surface area contributed by atoms with Crippen LogP contribution in [0.15, 0.2) is 0 Å². The fourth-order valence-corrected chi connectivity index (χ4v) is 1.67. The van der Waals surface area contributed by atoms with E-state index in [9.17, 15) is 4.79 Å². The first-order valence-electron chi connectivity index (χ1n) is 3.92. The van der Waals surface area contributed by atoms with Crippen molar-refractivity contribution in [1.82, 2.24) is 0 Å². The normalized spacial score (nSPS) is 11.6. The molecule has 0 fully saturated rings. The van der Waals surface area contributed by atoms with E-state index in [0.717, 1.165) is 12.2 Å². The lowest BCUT2D eigenvalue weighted by Gasteiger charge is -2.17. The fraction of sp³-hybridized carbons (Fsp3) is 0.875. The van der Waals surface area contributed by atoms with Crippen molar-refractivity contribution in [2.75, 3.05) is 18.1 Å². The molecule has 0 saturated carbocycles. The molecule has 72 valence electrons. The Hall–Kier alpha value is -0.220. The third kappa shape index (κ3) is 4.62. The van der Waals surface area contributed by atoms with Crippen LogP contribution < -0.4 is 0 Å². The van der Waals surface area contributed by atoms with Crippen molar-refractivity contribution in [2.45, 2.75) is 20.3 Å². The Bertz CT molecular complexity index is 145. The Morgan fingerprint density at radius 3 is 2.50 bits per heavy atom. The van der Waals surface area contributed by atoms with Crippen LogP contribution in [0, 0.1) is 5.41 Å². The third-order valence-corrected chi connectivity index (χ3v) is 2.99. The number of carboxylic acid groups (broad SMARTS) is 1. The number of aliphatic carboxylic acids is 1. The molecule has 0 aliphatic carbocycles. The number of aliphatic hydroxyl groups excluding tert-OH is 1. The molecule has 2 N–H and O–H groups in total. The quantitative estimate of drug-likeness (QED) is 0.621. The highest BCUT2D eigenvalue weighted by atomic mass is 32.2. The van der Waals surface area contributed by atoms with E-state index in [1.807, 2.05) is 0 Å². The second-order valence-corrected chi connectivity index (χ2v) is 4.42. The first-order chi connectivity index (χ1) is 5.50. The minimum Gasteiger partial charge on any atom is -0.481 e. The van der Waals surface area contributed by atoms with Gasteiger partial charge in [-0.3, -0.25) is 4.79 Å². The lowest BCUT2D eigenvalue weighted by atomic mass is 9.97. The standard InChI is InChI=1S/C8H16O3S/c1-8(2,7(10)11)6-12-5-3-4-9/h9H,3-6H2,1-2H3,(H,10,11). The molecular weight excluding hydrogens is 176 g/mol. The van der Waals surface area contributed by atoms with E-state index in [0.29, 0.717) is 5.75 Å². The first-order valence-corrected chi connectivity index (χ1v) is 5.08. The molecule has 0 saturated heterocycles. The molecule has 0 unspecified atom stereocenters. The van der Waals surface area contributed by atoms with Gasteiger partial charge in [-0.1, -0.05) is 0 Å². The average molecular weight is 192 g/mol. The second kappa shape index (κ2) is 5.43. The van der Waals surface area contributed by atoms with Crippen molar-refractivity contribution >= 4 is 17.7 Å². The van der Waals surface area contributed by atoms with Crippen LogP contribution in [0.1, 0.15) is 20.3 Å². The van der Waals surface area contributed by atoms with Gasteiger partial charge >= 0.3 is 5.97 Å². The summed E-state index contributed by atoms with van der Waals surface area (Å²) in [4.78, 5) is 10.6. The van der Waals surface area contributed by atoms with Gasteiger partial charge in [-0.2, -0.15) is 11.8 Å². The summed E-state index contributed by atoms with van der Waals surface area (Å²) in [6, 6.07) is 0. The molecule has 0 aliphatic rings. The maximum atomic E-state index is 10.6. The number of carboxylic acids is 1. The summed E-state index contributed by atoms with van der Waals surface area (Å²) in [6.07, 6.45) is 0.736. The average Bonchev–Trinajstić information content (AvgIpc) is 1.98. The van der Waals surface area contributed by atoms with Gasteiger partial charge in [-0.25, -0.2) is 0 Å². The van der Waals surface area contributed by atoms with Crippen LogP contribution in [0.4, 0.5) is 0 Å². The van der Waals surface area contributed by atoms with Crippen LogP contribution in [0.5, 0.6) is 0 Å². The van der Waals surface area contributed by atoms with Gasteiger partial charge in [0.25, 0.3) is 0 Å². The monoisotopic (exact) mass is 192 g/mol. The predicted octanol–water partition coefficient (Wildman–Crippen LogP) is 1.21. The molecule has 0 aromatic heterocycles. The number of rotatable bonds is 6. The number of carbonyl (C=O) groups is 1. The second-order valence-electron chi connectivity index (χ2n) is 3.32. The molecule has 4 heteroatoms. The molecule has 0 aliphatic heterocycles. The number of thioether (sulfide) groups is 1. The van der Waals surface area contributed by atoms with Gasteiger partial charge < -0.3 is 10.2 Å². The Kier molecular flexibility index (Phi) is 5.33. The van der Waals surface area contributed by atoms with Crippen LogP contribution in [0.2, 0.25) is 0 Å². The van der Waals surface area contributed by atoms with Crippen LogP contribution in [0.3, 0.4) is 0 Å². The summed E-state index contributed by atoms with van der Waals surface area (Å²) in [6.45, 7) is 3.60. The van der Waals surface area contributed by atoms with E-state index < -0.39 is 11.4 Å². The van der Waals surface area contributed by atoms with E-state index in [1.54, 1.807) is 25.6 Å². The zero-order valence-corrected chi connectivity index (χ0v) is 8.36. The molecule has 0 spiro atoms. The summed E-state index contributed by atoms with van der Waals surface area (Å²) in [5.41, 5.74) is -0.653. The molecule has 0 aromatic carbocycles. The van der Waals surface area contributed by atoms with Gasteiger partial charge in [0, 0.05) is 12.4 Å². The highest BCUT2D eigenvalue weighted by molar-refractivity contribution is 7.99. The van der Waals surface area contributed by atoms with Crippen LogP contribution in [-0.2, 0) is 4.79 Å². The Labute approximate surface area is 77.2 Å². The zero-order valence-electron chi connectivity index (χ0n) is 7.54. The molecule has 0 rings (SSSR count). The maximum Gasteiger partial charge on any atom is 0.309 e. The van der Waals surface area contributed by atoms with Gasteiger partial charge in [0.15, 0.2) is 0 Å². The summed E-state index contributed by atoms with van der Waals surface area (Å²) in [5.74, 6) is 0.661. The van der Waals surface area contributed by atoms with Crippen LogP contribution >= 0.6 is 11.8 Å². The van der Waals surface area contributed by atoms with Gasteiger partial charge in [-0.05, 0) is 26.0 Å². The van der Waals surface area contributed by atoms with Gasteiger partial charge in [0.2, 0.25) is 0 Å². The Morgan fingerprint density at radius 1 is 1.50 bits per heavy atom. The minimum atomic E-state index is -0.765. The van der Waals surface area contributed by atoms with Crippen LogP contribution in [0.25, 0.3) is 0 Å². The predicted molar refractivity (Wildman–Crippen MR) is 50.4 cm³/mol. The number of hydrogen-bond donors (Lipinski definition) is 2. The van der Waals surface area contributed by atoms with Gasteiger partial charge in [0.05, 0.1) is 5.41 Å². The lowest BCUT2D eigenvalue weighted by molar-refractivity contribution is -0.145. The Morgan fingerprint density at radius 2 is 2.08 bits per heavy atom. The first kappa shape index (κ1) is 11.8. The maximum absolute atomic E-state index is 10.6. The number of hydrogen-bond acceptors (Lipinski definition) is 3. The highest BCUT2D eigenvalue weighted by Gasteiger charge is 2.26. The SMILES string of the molecule is CC(C)(CSCCCO)C(=O)O. The molecule has 0 amide bonds. The summed E-state index contributed by atoms with van der Waals surface area (Å²) in [5, 5.41) is 17.2. The van der Waals surface area contributed by atoms with Crippen molar-refractivity contribution in [2.24, 2.45) is 5.41 Å². The molecule has 12 heavy (non-hydrogen) atoms. The van der Waals surface area contributed by atoms with Gasteiger partial charge in [0.1, 0.15) is 0 Å². The highest BCUT2D eigenvalue weighted by Crippen LogP contribution is 2.22. The van der Waals surface area contributed by atoms with E-state index in [4.69, 9.17) is 10.2 Å².